The second kappa shape index (κ2) is 5.75. The molecule has 104 valence electrons. The Labute approximate surface area is 126 Å². The van der Waals surface area contributed by atoms with E-state index in [2.05, 4.69) is 5.32 Å². The van der Waals surface area contributed by atoms with Gasteiger partial charge < -0.3 is 9.73 Å². The average Bonchev–Trinajstić information content (AvgIpc) is 2.81. The van der Waals surface area contributed by atoms with Gasteiger partial charge in [0.15, 0.2) is 3.77 Å². The molecule has 1 N–H and O–H groups in total. The Morgan fingerprint density at radius 1 is 1.25 bits per heavy atom. The fourth-order valence-electron chi connectivity index (χ4n) is 1.62. The predicted octanol–water partition coefficient (Wildman–Crippen LogP) is 4.39. The maximum absolute atomic E-state index is 12.8. The minimum Gasteiger partial charge on any atom is -0.454 e. The van der Waals surface area contributed by atoms with Gasteiger partial charge >= 0.3 is 6.18 Å². The number of anilines is 1. The van der Waals surface area contributed by atoms with Gasteiger partial charge in [-0.05, 0) is 52.9 Å². The quantitative estimate of drug-likeness (QED) is 0.789. The molecule has 0 amide bonds. The lowest BCUT2D eigenvalue weighted by molar-refractivity contribution is -0.137. The van der Waals surface area contributed by atoms with E-state index < -0.39 is 17.3 Å². The number of hydrogen-bond donors (Lipinski definition) is 1. The van der Waals surface area contributed by atoms with Crippen LogP contribution in [-0.4, -0.2) is 0 Å². The number of rotatable bonds is 3. The monoisotopic (exact) mass is 392 g/mol. The molecule has 0 aliphatic carbocycles. The predicted molar refractivity (Wildman–Crippen MR) is 74.9 cm³/mol. The van der Waals surface area contributed by atoms with Gasteiger partial charge in [-0.2, -0.15) is 18.4 Å². The Morgan fingerprint density at radius 2 is 2.00 bits per heavy atom. The zero-order valence-corrected chi connectivity index (χ0v) is 12.1. The highest BCUT2D eigenvalue weighted by Gasteiger charge is 2.33. The number of furan rings is 1. The first kappa shape index (κ1) is 14.7. The first-order chi connectivity index (χ1) is 9.40. The molecule has 0 saturated heterocycles. The molecule has 0 spiro atoms. The summed E-state index contributed by atoms with van der Waals surface area (Å²) in [7, 11) is 0. The smallest absolute Gasteiger partial charge is 0.417 e. The molecule has 1 heterocycles. The SMILES string of the molecule is N#Cc1ccc(NCc2ccc(I)o2)cc1C(F)(F)F. The van der Waals surface area contributed by atoms with Gasteiger partial charge in [0.25, 0.3) is 0 Å². The van der Waals surface area contributed by atoms with Crippen LogP contribution in [0, 0.1) is 15.1 Å². The van der Waals surface area contributed by atoms with Crippen LogP contribution in [0.15, 0.2) is 34.7 Å². The summed E-state index contributed by atoms with van der Waals surface area (Å²) in [5.74, 6) is 0.618. The van der Waals surface area contributed by atoms with Crippen LogP contribution < -0.4 is 5.32 Å². The van der Waals surface area contributed by atoms with E-state index in [0.717, 1.165) is 12.1 Å². The van der Waals surface area contributed by atoms with Gasteiger partial charge in [-0.3, -0.25) is 0 Å². The van der Waals surface area contributed by atoms with Crippen molar-refractivity contribution in [3.63, 3.8) is 0 Å². The Bertz CT molecular complexity index is 658. The molecule has 0 aliphatic heterocycles. The summed E-state index contributed by atoms with van der Waals surface area (Å²) in [6.07, 6.45) is -4.55. The number of nitrogens with one attached hydrogen (secondary N) is 1. The molecular formula is C13H8F3IN2O. The molecular weight excluding hydrogens is 384 g/mol. The molecule has 0 unspecified atom stereocenters. The molecule has 0 bridgehead atoms. The van der Waals surface area contributed by atoms with Crippen molar-refractivity contribution in [1.29, 1.82) is 5.26 Å². The van der Waals surface area contributed by atoms with Crippen LogP contribution in [0.3, 0.4) is 0 Å². The van der Waals surface area contributed by atoms with Gasteiger partial charge in [-0.15, -0.1) is 0 Å². The minimum absolute atomic E-state index is 0.270. The van der Waals surface area contributed by atoms with Gasteiger partial charge in [0.05, 0.1) is 23.7 Å². The Morgan fingerprint density at radius 3 is 2.55 bits per heavy atom. The molecule has 0 radical (unpaired) electrons. The van der Waals surface area contributed by atoms with Crippen LogP contribution in [0.25, 0.3) is 0 Å². The van der Waals surface area contributed by atoms with Crippen LogP contribution in [0.2, 0.25) is 0 Å². The molecule has 0 atom stereocenters. The van der Waals surface area contributed by atoms with Crippen LogP contribution in [0.4, 0.5) is 18.9 Å². The molecule has 1 aromatic heterocycles. The third kappa shape index (κ3) is 3.45. The number of nitriles is 1. The van der Waals surface area contributed by atoms with Crippen molar-refractivity contribution in [3.8, 4) is 6.07 Å². The summed E-state index contributed by atoms with van der Waals surface area (Å²) in [6.45, 7) is 0.270. The molecule has 7 heteroatoms. The molecule has 2 aromatic rings. The fraction of sp³-hybridized carbons (Fsp3) is 0.154. The van der Waals surface area contributed by atoms with Crippen molar-refractivity contribution < 1.29 is 17.6 Å². The largest absolute Gasteiger partial charge is 0.454 e. The van der Waals surface area contributed by atoms with E-state index in [-0.39, 0.29) is 12.2 Å². The highest BCUT2D eigenvalue weighted by molar-refractivity contribution is 14.1. The maximum Gasteiger partial charge on any atom is 0.417 e. The van der Waals surface area contributed by atoms with Crippen LogP contribution in [0.1, 0.15) is 16.9 Å². The Hall–Kier alpha value is -1.69. The fourth-order valence-corrected chi connectivity index (χ4v) is 2.08. The summed E-state index contributed by atoms with van der Waals surface area (Å²) in [4.78, 5) is 0. The molecule has 20 heavy (non-hydrogen) atoms. The molecule has 3 nitrogen and oxygen atoms in total. The molecule has 0 fully saturated rings. The summed E-state index contributed by atoms with van der Waals surface area (Å²) in [5.41, 5.74) is -1.06. The third-order valence-electron chi connectivity index (χ3n) is 2.54. The summed E-state index contributed by atoms with van der Waals surface area (Å²) < 4.78 is 44.4. The van der Waals surface area contributed by atoms with Gasteiger partial charge in [-0.1, -0.05) is 0 Å². The molecule has 1 aromatic carbocycles. The average molecular weight is 392 g/mol. The Kier molecular flexibility index (Phi) is 4.23. The van der Waals surface area contributed by atoms with Crippen molar-refractivity contribution in [2.45, 2.75) is 12.7 Å². The summed E-state index contributed by atoms with van der Waals surface area (Å²) in [6, 6.07) is 8.54. The van der Waals surface area contributed by atoms with E-state index in [0.29, 0.717) is 9.53 Å². The minimum atomic E-state index is -4.55. The normalized spacial score (nSPS) is 11.2. The number of alkyl halides is 3. The van der Waals surface area contributed by atoms with E-state index in [1.54, 1.807) is 12.1 Å². The molecule has 0 aliphatic rings. The highest BCUT2D eigenvalue weighted by Crippen LogP contribution is 2.33. The summed E-state index contributed by atoms with van der Waals surface area (Å²) in [5, 5.41) is 11.5. The van der Waals surface area contributed by atoms with Crippen LogP contribution in [-0.2, 0) is 12.7 Å². The Balaban J connectivity index is 2.19. The zero-order chi connectivity index (χ0) is 14.8. The number of hydrogen-bond acceptors (Lipinski definition) is 3. The zero-order valence-electron chi connectivity index (χ0n) is 9.96. The second-order valence-corrected chi connectivity index (χ2v) is 4.99. The van der Waals surface area contributed by atoms with Gasteiger partial charge in [0.2, 0.25) is 0 Å². The van der Waals surface area contributed by atoms with Crippen molar-refractivity contribution in [2.75, 3.05) is 5.32 Å². The first-order valence-corrected chi connectivity index (χ1v) is 6.57. The van der Waals surface area contributed by atoms with Crippen molar-refractivity contribution >= 4 is 28.3 Å². The van der Waals surface area contributed by atoms with E-state index in [1.165, 1.54) is 12.1 Å². The van der Waals surface area contributed by atoms with Gasteiger partial charge in [0.1, 0.15) is 5.76 Å². The lowest BCUT2D eigenvalue weighted by Gasteiger charge is -2.11. The standard InChI is InChI=1S/C13H8F3IN2O/c14-13(15,16)11-5-9(2-1-8(11)6-18)19-7-10-3-4-12(17)20-10/h1-5,19H,7H2. The van der Waals surface area contributed by atoms with Crippen molar-refractivity contribution in [2.24, 2.45) is 0 Å². The van der Waals surface area contributed by atoms with E-state index >= 15 is 0 Å². The lowest BCUT2D eigenvalue weighted by atomic mass is 10.1. The van der Waals surface area contributed by atoms with Crippen LogP contribution in [0.5, 0.6) is 0 Å². The van der Waals surface area contributed by atoms with E-state index in [9.17, 15) is 13.2 Å². The highest BCUT2D eigenvalue weighted by atomic mass is 127. The van der Waals surface area contributed by atoms with E-state index in [1.807, 2.05) is 22.6 Å². The van der Waals surface area contributed by atoms with Crippen molar-refractivity contribution in [1.82, 2.24) is 0 Å². The molecule has 0 saturated carbocycles. The lowest BCUT2D eigenvalue weighted by Crippen LogP contribution is -2.09. The number of benzene rings is 1. The first-order valence-electron chi connectivity index (χ1n) is 5.49. The molecule has 2 rings (SSSR count). The van der Waals surface area contributed by atoms with E-state index in [4.69, 9.17) is 9.68 Å². The van der Waals surface area contributed by atoms with Crippen molar-refractivity contribution in [3.05, 3.63) is 51.0 Å². The van der Waals surface area contributed by atoms with Gasteiger partial charge in [0, 0.05) is 5.69 Å². The van der Waals surface area contributed by atoms with Crippen LogP contribution >= 0.6 is 22.6 Å². The summed E-state index contributed by atoms with van der Waals surface area (Å²) >= 11 is 2.00. The van der Waals surface area contributed by atoms with Gasteiger partial charge in [-0.25, -0.2) is 0 Å². The second-order valence-electron chi connectivity index (χ2n) is 3.93. The third-order valence-corrected chi connectivity index (χ3v) is 3.12. The maximum atomic E-state index is 12.8. The number of halogens is 4. The number of nitrogens with zero attached hydrogens (tertiary/aromatic N) is 1. The topological polar surface area (TPSA) is 49.0 Å².